The molecule has 0 heterocycles. The van der Waals surface area contributed by atoms with Crippen LogP contribution in [0.2, 0.25) is 0 Å². The Morgan fingerprint density at radius 2 is 1.70 bits per heavy atom. The van der Waals surface area contributed by atoms with Gasteiger partial charge in [0.1, 0.15) is 0 Å². The van der Waals surface area contributed by atoms with E-state index in [0.717, 1.165) is 12.3 Å². The van der Waals surface area contributed by atoms with E-state index in [4.69, 9.17) is 5.11 Å². The van der Waals surface area contributed by atoms with Crippen LogP contribution in [0.4, 0.5) is 0 Å². The molecule has 0 spiro atoms. The average molecular weight is 144 g/mol. The van der Waals surface area contributed by atoms with Crippen molar-refractivity contribution in [1.82, 2.24) is 0 Å². The Kier molecular flexibility index (Phi) is 7.04. The molecule has 0 aliphatic heterocycles. The molecule has 0 aromatic carbocycles. The van der Waals surface area contributed by atoms with E-state index in [0.29, 0.717) is 6.61 Å². The van der Waals surface area contributed by atoms with Gasteiger partial charge in [-0.25, -0.2) is 0 Å². The Bertz CT molecular complexity index is 55.7. The van der Waals surface area contributed by atoms with Crippen LogP contribution in [0.15, 0.2) is 0 Å². The second-order valence-electron chi connectivity index (χ2n) is 2.66. The molecule has 0 aromatic rings. The maximum Gasteiger partial charge on any atom is 0.0433 e. The van der Waals surface area contributed by atoms with Gasteiger partial charge in [-0.1, -0.05) is 39.5 Å². The molecule has 0 unspecified atom stereocenters. The first-order valence-electron chi connectivity index (χ1n) is 4.54. The lowest BCUT2D eigenvalue weighted by Crippen LogP contribution is -1.95. The first kappa shape index (κ1) is 9.96. The monoisotopic (exact) mass is 144 g/mol. The largest absolute Gasteiger partial charge is 0.396 e. The summed E-state index contributed by atoms with van der Waals surface area (Å²) in [6.07, 6.45) is 6.55. The molecular weight excluding hydrogens is 124 g/mol. The minimum absolute atomic E-state index is 0.394. The van der Waals surface area contributed by atoms with Gasteiger partial charge in [-0.2, -0.15) is 0 Å². The number of aliphatic hydroxyl groups excluding tert-OH is 1. The molecule has 10 heavy (non-hydrogen) atoms. The maximum absolute atomic E-state index is 8.53. The fourth-order valence-corrected chi connectivity index (χ4v) is 1.48. The van der Waals surface area contributed by atoms with E-state index in [2.05, 4.69) is 0 Å². The Hall–Kier alpha value is -0.0400. The Balaban J connectivity index is 0.000000371. The summed E-state index contributed by atoms with van der Waals surface area (Å²) in [5, 5.41) is 8.53. The van der Waals surface area contributed by atoms with Crippen LogP contribution in [0.3, 0.4) is 0 Å². The molecule has 0 saturated heterocycles. The Morgan fingerprint density at radius 3 is 2.10 bits per heavy atom. The second kappa shape index (κ2) is 7.07. The highest BCUT2D eigenvalue weighted by atomic mass is 16.3. The van der Waals surface area contributed by atoms with E-state index in [1.807, 2.05) is 13.8 Å². The van der Waals surface area contributed by atoms with Crippen molar-refractivity contribution in [3.05, 3.63) is 0 Å². The number of aliphatic hydroxyl groups is 1. The van der Waals surface area contributed by atoms with Gasteiger partial charge in [0.05, 0.1) is 0 Å². The third-order valence-electron chi connectivity index (χ3n) is 2.01. The first-order valence-corrected chi connectivity index (χ1v) is 4.54. The van der Waals surface area contributed by atoms with Crippen molar-refractivity contribution in [2.75, 3.05) is 6.61 Å². The summed E-state index contributed by atoms with van der Waals surface area (Å²) >= 11 is 0. The summed E-state index contributed by atoms with van der Waals surface area (Å²) in [6.45, 7) is 4.39. The fourth-order valence-electron chi connectivity index (χ4n) is 1.48. The summed E-state index contributed by atoms with van der Waals surface area (Å²) in [5.41, 5.74) is 0. The van der Waals surface area contributed by atoms with Crippen LogP contribution in [0.1, 0.15) is 46.0 Å². The first-order chi connectivity index (χ1) is 4.93. The topological polar surface area (TPSA) is 20.2 Å². The predicted octanol–water partition coefficient (Wildman–Crippen LogP) is 2.59. The van der Waals surface area contributed by atoms with Crippen molar-refractivity contribution in [1.29, 1.82) is 0 Å². The van der Waals surface area contributed by atoms with E-state index in [-0.39, 0.29) is 0 Å². The van der Waals surface area contributed by atoms with E-state index < -0.39 is 0 Å². The molecule has 1 rings (SSSR count). The van der Waals surface area contributed by atoms with Crippen LogP contribution in [-0.4, -0.2) is 11.7 Å². The number of rotatable bonds is 2. The molecule has 1 aliphatic carbocycles. The van der Waals surface area contributed by atoms with E-state index >= 15 is 0 Å². The average Bonchev–Trinajstić information content (AvgIpc) is 2.46. The molecule has 0 amide bonds. The number of hydrogen-bond donors (Lipinski definition) is 1. The standard InChI is InChI=1S/C7H14O.C2H6/c8-6-5-7-3-1-2-4-7;1-2/h7-8H,1-6H2;1-2H3. The third kappa shape index (κ3) is 3.89. The van der Waals surface area contributed by atoms with E-state index in [1.54, 1.807) is 0 Å². The zero-order chi connectivity index (χ0) is 7.82. The van der Waals surface area contributed by atoms with Crippen LogP contribution in [-0.2, 0) is 0 Å². The lowest BCUT2D eigenvalue weighted by Gasteiger charge is -2.02. The van der Waals surface area contributed by atoms with Crippen molar-refractivity contribution < 1.29 is 5.11 Å². The van der Waals surface area contributed by atoms with Gasteiger partial charge in [-0.05, 0) is 12.3 Å². The minimum Gasteiger partial charge on any atom is -0.396 e. The smallest absolute Gasteiger partial charge is 0.0433 e. The molecule has 1 aliphatic rings. The van der Waals surface area contributed by atoms with Gasteiger partial charge >= 0.3 is 0 Å². The summed E-state index contributed by atoms with van der Waals surface area (Å²) in [6, 6.07) is 0. The minimum atomic E-state index is 0.394. The highest BCUT2D eigenvalue weighted by Crippen LogP contribution is 2.26. The van der Waals surface area contributed by atoms with Crippen LogP contribution in [0.25, 0.3) is 0 Å². The van der Waals surface area contributed by atoms with Crippen molar-refractivity contribution in [3.63, 3.8) is 0 Å². The van der Waals surface area contributed by atoms with Gasteiger partial charge < -0.3 is 5.11 Å². The quantitative estimate of drug-likeness (QED) is 0.631. The molecule has 0 atom stereocenters. The van der Waals surface area contributed by atoms with E-state index in [1.165, 1.54) is 25.7 Å². The molecule has 0 radical (unpaired) electrons. The zero-order valence-corrected chi connectivity index (χ0v) is 7.27. The zero-order valence-electron chi connectivity index (χ0n) is 7.27. The highest BCUT2D eigenvalue weighted by molar-refractivity contribution is 4.65. The van der Waals surface area contributed by atoms with Crippen LogP contribution in [0.5, 0.6) is 0 Å². The van der Waals surface area contributed by atoms with Crippen molar-refractivity contribution in [2.24, 2.45) is 5.92 Å². The van der Waals surface area contributed by atoms with Gasteiger partial charge in [0.2, 0.25) is 0 Å². The Labute approximate surface area is 64.5 Å². The summed E-state index contributed by atoms with van der Waals surface area (Å²) in [7, 11) is 0. The molecule has 1 saturated carbocycles. The summed E-state index contributed by atoms with van der Waals surface area (Å²) in [4.78, 5) is 0. The Morgan fingerprint density at radius 1 is 1.20 bits per heavy atom. The molecule has 0 aromatic heterocycles. The van der Waals surface area contributed by atoms with Gasteiger partial charge in [0.15, 0.2) is 0 Å². The van der Waals surface area contributed by atoms with Gasteiger partial charge in [-0.15, -0.1) is 0 Å². The SMILES string of the molecule is CC.OCCC1CCCC1. The summed E-state index contributed by atoms with van der Waals surface area (Å²) < 4.78 is 0. The van der Waals surface area contributed by atoms with Crippen LogP contribution in [0, 0.1) is 5.92 Å². The molecule has 0 bridgehead atoms. The number of hydrogen-bond acceptors (Lipinski definition) is 1. The molecule has 1 heteroatoms. The normalized spacial score (nSPS) is 18.3. The molecule has 1 fully saturated rings. The maximum atomic E-state index is 8.53. The van der Waals surface area contributed by atoms with Crippen molar-refractivity contribution in [2.45, 2.75) is 46.0 Å². The van der Waals surface area contributed by atoms with Crippen LogP contribution < -0.4 is 0 Å². The second-order valence-corrected chi connectivity index (χ2v) is 2.66. The van der Waals surface area contributed by atoms with Crippen molar-refractivity contribution >= 4 is 0 Å². The van der Waals surface area contributed by atoms with E-state index in [9.17, 15) is 0 Å². The molecular formula is C9H20O. The lowest BCUT2D eigenvalue weighted by atomic mass is 10.1. The molecule has 1 N–H and O–H groups in total. The predicted molar refractivity (Wildman–Crippen MR) is 45.0 cm³/mol. The van der Waals surface area contributed by atoms with Crippen molar-refractivity contribution in [3.8, 4) is 0 Å². The summed E-state index contributed by atoms with van der Waals surface area (Å²) in [5.74, 6) is 0.861. The van der Waals surface area contributed by atoms with Crippen LogP contribution >= 0.6 is 0 Å². The lowest BCUT2D eigenvalue weighted by molar-refractivity contribution is 0.258. The molecule has 62 valence electrons. The van der Waals surface area contributed by atoms with Gasteiger partial charge in [-0.3, -0.25) is 0 Å². The molecule has 1 nitrogen and oxygen atoms in total. The third-order valence-corrected chi connectivity index (χ3v) is 2.01. The fraction of sp³-hybridized carbons (Fsp3) is 1.00. The van der Waals surface area contributed by atoms with Gasteiger partial charge in [0, 0.05) is 6.61 Å². The van der Waals surface area contributed by atoms with Gasteiger partial charge in [0.25, 0.3) is 0 Å². The highest BCUT2D eigenvalue weighted by Gasteiger charge is 2.12.